The van der Waals surface area contributed by atoms with Gasteiger partial charge >= 0.3 is 6.09 Å². The van der Waals surface area contributed by atoms with E-state index in [-0.39, 0.29) is 56.4 Å². The van der Waals surface area contributed by atoms with Gasteiger partial charge in [0.1, 0.15) is 18.2 Å². The Morgan fingerprint density at radius 1 is 1.22 bits per heavy atom. The molecule has 0 radical (unpaired) electrons. The van der Waals surface area contributed by atoms with Crippen molar-refractivity contribution in [2.45, 2.75) is 25.4 Å². The van der Waals surface area contributed by atoms with E-state index in [0.717, 1.165) is 30.0 Å². The summed E-state index contributed by atoms with van der Waals surface area (Å²) in [4.78, 5) is 29.1. The number of halogens is 2. The van der Waals surface area contributed by atoms with Gasteiger partial charge in [0.2, 0.25) is 5.91 Å². The van der Waals surface area contributed by atoms with E-state index < -0.39 is 23.8 Å². The lowest BCUT2D eigenvalue weighted by Gasteiger charge is -2.36. The average Bonchev–Trinajstić information content (AvgIpc) is 3.55. The average molecular weight is 464 g/mol. The molecule has 1 unspecified atom stereocenters. The fourth-order valence-corrected chi connectivity index (χ4v) is 4.23. The first-order chi connectivity index (χ1) is 15.4. The SMILES string of the molecule is N#CCC(=O)N1CCN(c2c(F)cc(N3CC(CNC(=S)C4CC4)OC3=O)cc2F)CC1. The molecular weight excluding hydrogens is 440 g/mol. The van der Waals surface area contributed by atoms with E-state index in [4.69, 9.17) is 22.2 Å². The number of rotatable bonds is 6. The van der Waals surface area contributed by atoms with Crippen LogP contribution < -0.4 is 15.1 Å². The van der Waals surface area contributed by atoms with Crippen molar-refractivity contribution in [3.63, 3.8) is 0 Å². The first-order valence-electron chi connectivity index (χ1n) is 10.5. The molecule has 1 N–H and O–H groups in total. The minimum atomic E-state index is -0.791. The van der Waals surface area contributed by atoms with Gasteiger partial charge in [-0.25, -0.2) is 13.6 Å². The number of hydrogen-bond acceptors (Lipinski definition) is 6. The van der Waals surface area contributed by atoms with Gasteiger partial charge in [-0.3, -0.25) is 9.69 Å². The molecule has 1 saturated carbocycles. The molecule has 170 valence electrons. The number of amides is 2. The standard InChI is InChI=1S/C21H23F2N5O3S/c22-16-9-14(28-12-15(31-21(28)30)11-25-20(32)13-1-2-13)10-17(23)19(16)27-7-5-26(6-8-27)18(29)3-4-24/h9-10,13,15H,1-3,5-8,11-12H2,(H,25,32). The molecule has 4 rings (SSSR count). The third kappa shape index (κ3) is 4.75. The zero-order valence-electron chi connectivity index (χ0n) is 17.4. The Kier molecular flexibility index (Phi) is 6.41. The van der Waals surface area contributed by atoms with Crippen LogP contribution in [0.1, 0.15) is 19.3 Å². The zero-order chi connectivity index (χ0) is 22.8. The van der Waals surface area contributed by atoms with E-state index in [2.05, 4.69) is 5.32 Å². The monoisotopic (exact) mass is 463 g/mol. The molecule has 2 amide bonds. The maximum absolute atomic E-state index is 14.9. The highest BCUT2D eigenvalue weighted by Crippen LogP contribution is 2.32. The lowest BCUT2D eigenvalue weighted by Crippen LogP contribution is -2.49. The zero-order valence-corrected chi connectivity index (χ0v) is 18.2. The van der Waals surface area contributed by atoms with Crippen molar-refractivity contribution in [1.29, 1.82) is 5.26 Å². The van der Waals surface area contributed by atoms with Gasteiger partial charge in [-0.1, -0.05) is 12.2 Å². The van der Waals surface area contributed by atoms with Crippen LogP contribution in [0, 0.1) is 28.9 Å². The summed E-state index contributed by atoms with van der Waals surface area (Å²) in [6.07, 6.45) is 0.790. The summed E-state index contributed by atoms with van der Waals surface area (Å²) >= 11 is 5.27. The third-order valence-electron chi connectivity index (χ3n) is 5.82. The highest BCUT2D eigenvalue weighted by molar-refractivity contribution is 7.80. The van der Waals surface area contributed by atoms with E-state index in [9.17, 15) is 18.4 Å². The number of cyclic esters (lactones) is 1. The van der Waals surface area contributed by atoms with Crippen molar-refractivity contribution >= 4 is 40.6 Å². The molecule has 1 aliphatic carbocycles. The Hall–Kier alpha value is -3.00. The van der Waals surface area contributed by atoms with Crippen molar-refractivity contribution in [2.24, 2.45) is 5.92 Å². The molecule has 0 spiro atoms. The second-order valence-corrected chi connectivity index (χ2v) is 8.54. The van der Waals surface area contributed by atoms with Gasteiger partial charge in [0.15, 0.2) is 11.6 Å². The molecule has 32 heavy (non-hydrogen) atoms. The van der Waals surface area contributed by atoms with Crippen molar-refractivity contribution in [3.8, 4) is 6.07 Å². The maximum atomic E-state index is 14.9. The van der Waals surface area contributed by atoms with Crippen molar-refractivity contribution in [2.75, 3.05) is 49.1 Å². The molecule has 1 aromatic carbocycles. The van der Waals surface area contributed by atoms with Gasteiger partial charge in [0, 0.05) is 44.2 Å². The van der Waals surface area contributed by atoms with Crippen LogP contribution in [0.3, 0.4) is 0 Å². The first-order valence-corrected chi connectivity index (χ1v) is 10.9. The number of piperazine rings is 1. The van der Waals surface area contributed by atoms with Crippen molar-refractivity contribution in [1.82, 2.24) is 10.2 Å². The highest BCUT2D eigenvalue weighted by Gasteiger charge is 2.35. The predicted octanol–water partition coefficient (Wildman–Crippen LogP) is 2.18. The summed E-state index contributed by atoms with van der Waals surface area (Å²) in [5.41, 5.74) is -0.106. The molecule has 1 atom stereocenters. The highest BCUT2D eigenvalue weighted by atomic mass is 32.1. The Labute approximate surface area is 189 Å². The molecular formula is C21H23F2N5O3S. The number of anilines is 2. The van der Waals surface area contributed by atoms with Gasteiger partial charge in [-0.15, -0.1) is 0 Å². The van der Waals surface area contributed by atoms with Crippen LogP contribution in [-0.4, -0.2) is 67.3 Å². The number of thiocarbonyl (C=S) groups is 1. The summed E-state index contributed by atoms with van der Waals surface area (Å²) in [5, 5.41) is 11.7. The number of benzene rings is 1. The lowest BCUT2D eigenvalue weighted by atomic mass is 10.2. The topological polar surface area (TPSA) is 88.9 Å². The molecule has 11 heteroatoms. The Morgan fingerprint density at radius 3 is 2.47 bits per heavy atom. The predicted molar refractivity (Wildman–Crippen MR) is 116 cm³/mol. The summed E-state index contributed by atoms with van der Waals surface area (Å²) in [6.45, 7) is 1.55. The number of nitrogens with zero attached hydrogens (tertiary/aromatic N) is 4. The summed E-state index contributed by atoms with van der Waals surface area (Å²) in [5.74, 6) is -1.47. The second-order valence-electron chi connectivity index (χ2n) is 8.10. The summed E-state index contributed by atoms with van der Waals surface area (Å²) in [7, 11) is 0. The largest absolute Gasteiger partial charge is 0.442 e. The van der Waals surface area contributed by atoms with E-state index in [1.807, 2.05) is 6.07 Å². The quantitative estimate of drug-likeness (QED) is 0.647. The molecule has 2 aliphatic heterocycles. The Bertz CT molecular complexity index is 950. The number of carbonyl (C=O) groups excluding carboxylic acids is 2. The van der Waals surface area contributed by atoms with E-state index >= 15 is 0 Å². The van der Waals surface area contributed by atoms with Gasteiger partial charge in [0.25, 0.3) is 0 Å². The van der Waals surface area contributed by atoms with E-state index in [1.54, 1.807) is 0 Å². The molecule has 0 aromatic heterocycles. The van der Waals surface area contributed by atoms with Gasteiger partial charge in [-0.05, 0) is 12.8 Å². The fraction of sp³-hybridized carbons (Fsp3) is 0.524. The number of hydrogen-bond donors (Lipinski definition) is 1. The molecule has 3 aliphatic rings. The molecule has 1 aromatic rings. The molecule has 8 nitrogen and oxygen atoms in total. The normalized spacial score (nSPS) is 20.7. The minimum Gasteiger partial charge on any atom is -0.442 e. The van der Waals surface area contributed by atoms with Crippen LogP contribution in [0.5, 0.6) is 0 Å². The van der Waals surface area contributed by atoms with Crippen molar-refractivity contribution in [3.05, 3.63) is 23.8 Å². The van der Waals surface area contributed by atoms with Gasteiger partial charge in [-0.2, -0.15) is 5.26 Å². The first kappa shape index (κ1) is 22.2. The van der Waals surface area contributed by atoms with Gasteiger partial charge in [0.05, 0.1) is 29.8 Å². The van der Waals surface area contributed by atoms with Crippen molar-refractivity contribution < 1.29 is 23.1 Å². The number of ether oxygens (including phenoxy) is 1. The molecule has 2 heterocycles. The Morgan fingerprint density at radius 2 is 1.88 bits per heavy atom. The smallest absolute Gasteiger partial charge is 0.414 e. The number of carbonyl (C=O) groups is 2. The fourth-order valence-electron chi connectivity index (χ4n) is 3.91. The minimum absolute atomic E-state index is 0.0869. The van der Waals surface area contributed by atoms with Crippen LogP contribution in [0.25, 0.3) is 0 Å². The maximum Gasteiger partial charge on any atom is 0.414 e. The van der Waals surface area contributed by atoms with E-state index in [0.29, 0.717) is 12.5 Å². The summed E-state index contributed by atoms with van der Waals surface area (Å²) in [6, 6.07) is 4.05. The van der Waals surface area contributed by atoms with Crippen LogP contribution >= 0.6 is 12.2 Å². The van der Waals surface area contributed by atoms with Gasteiger partial charge < -0.3 is 19.9 Å². The second kappa shape index (κ2) is 9.24. The molecule has 0 bridgehead atoms. The molecule has 3 fully saturated rings. The van der Waals surface area contributed by atoms with E-state index in [1.165, 1.54) is 14.7 Å². The van der Waals surface area contributed by atoms with Crippen LogP contribution in [0.15, 0.2) is 12.1 Å². The third-order valence-corrected chi connectivity index (χ3v) is 6.30. The number of nitrogens with one attached hydrogen (secondary N) is 1. The Balaban J connectivity index is 1.39. The van der Waals surface area contributed by atoms with Crippen LogP contribution in [-0.2, 0) is 9.53 Å². The lowest BCUT2D eigenvalue weighted by molar-refractivity contribution is -0.130. The van der Waals surface area contributed by atoms with Crippen LogP contribution in [0.2, 0.25) is 0 Å². The number of nitriles is 1. The molecule has 2 saturated heterocycles. The van der Waals surface area contributed by atoms with Crippen LogP contribution in [0.4, 0.5) is 25.0 Å². The summed E-state index contributed by atoms with van der Waals surface area (Å²) < 4.78 is 35.1.